The lowest BCUT2D eigenvalue weighted by molar-refractivity contribution is -0.121. The number of rotatable bonds is 4. The number of halogens is 1. The summed E-state index contributed by atoms with van der Waals surface area (Å²) in [7, 11) is 0. The van der Waals surface area contributed by atoms with Crippen molar-refractivity contribution in [3.05, 3.63) is 45.5 Å². The molecule has 2 amide bonds. The van der Waals surface area contributed by atoms with E-state index in [4.69, 9.17) is 17.3 Å². The van der Waals surface area contributed by atoms with Gasteiger partial charge in [0.1, 0.15) is 0 Å². The highest BCUT2D eigenvalue weighted by atomic mass is 35.5. The van der Waals surface area contributed by atoms with E-state index in [2.05, 4.69) is 11.4 Å². The quantitative estimate of drug-likeness (QED) is 0.885. The first-order valence-electron chi connectivity index (χ1n) is 6.12. The fourth-order valence-corrected chi connectivity index (χ4v) is 3.18. The van der Waals surface area contributed by atoms with Gasteiger partial charge in [0.2, 0.25) is 11.8 Å². The maximum Gasteiger partial charge on any atom is 0.227 e. The van der Waals surface area contributed by atoms with Crippen LogP contribution in [0.25, 0.3) is 0 Å². The SMILES string of the molecule is N#CC1=C(SCC(N)=O)NC(=O)C[C@H]1c1ccccc1Cl. The molecule has 5 nitrogen and oxygen atoms in total. The molecule has 0 unspecified atom stereocenters. The molecule has 1 aromatic carbocycles. The van der Waals surface area contributed by atoms with Crippen molar-refractivity contribution in [3.63, 3.8) is 0 Å². The first kappa shape index (κ1) is 15.4. The van der Waals surface area contributed by atoms with Crippen LogP contribution in [0.1, 0.15) is 17.9 Å². The van der Waals surface area contributed by atoms with E-state index in [9.17, 15) is 14.9 Å². The van der Waals surface area contributed by atoms with Crippen LogP contribution in [0.2, 0.25) is 5.02 Å². The van der Waals surface area contributed by atoms with Crippen molar-refractivity contribution in [1.82, 2.24) is 5.32 Å². The molecule has 1 atom stereocenters. The molecule has 0 fully saturated rings. The lowest BCUT2D eigenvalue weighted by atomic mass is 9.87. The molecule has 0 spiro atoms. The van der Waals surface area contributed by atoms with E-state index >= 15 is 0 Å². The predicted molar refractivity (Wildman–Crippen MR) is 81.2 cm³/mol. The molecule has 1 aromatic rings. The summed E-state index contributed by atoms with van der Waals surface area (Å²) in [6, 6.07) is 9.20. The molecule has 108 valence electrons. The largest absolute Gasteiger partial charge is 0.369 e. The van der Waals surface area contributed by atoms with Crippen LogP contribution >= 0.6 is 23.4 Å². The summed E-state index contributed by atoms with van der Waals surface area (Å²) in [5, 5.41) is 12.9. The summed E-state index contributed by atoms with van der Waals surface area (Å²) in [6.45, 7) is 0. The Morgan fingerprint density at radius 2 is 2.24 bits per heavy atom. The van der Waals surface area contributed by atoms with Gasteiger partial charge in [-0.1, -0.05) is 41.6 Å². The number of nitrogens with two attached hydrogens (primary N) is 1. The molecule has 3 N–H and O–H groups in total. The average Bonchev–Trinajstić information content (AvgIpc) is 2.45. The summed E-state index contributed by atoms with van der Waals surface area (Å²) in [4.78, 5) is 22.7. The van der Waals surface area contributed by atoms with Gasteiger partial charge in [-0.2, -0.15) is 5.26 Å². The van der Waals surface area contributed by atoms with Crippen LogP contribution < -0.4 is 11.1 Å². The van der Waals surface area contributed by atoms with Crippen LogP contribution in [0.15, 0.2) is 34.9 Å². The number of carbonyl (C=O) groups is 2. The number of nitrogens with zero attached hydrogens (tertiary/aromatic N) is 1. The van der Waals surface area contributed by atoms with Gasteiger partial charge in [-0.05, 0) is 11.6 Å². The van der Waals surface area contributed by atoms with Gasteiger partial charge in [0.05, 0.1) is 22.4 Å². The monoisotopic (exact) mass is 321 g/mol. The van der Waals surface area contributed by atoms with Gasteiger partial charge < -0.3 is 11.1 Å². The van der Waals surface area contributed by atoms with E-state index in [1.54, 1.807) is 24.3 Å². The molecule has 0 aromatic heterocycles. The van der Waals surface area contributed by atoms with Crippen molar-refractivity contribution in [2.75, 3.05) is 5.75 Å². The molecular weight excluding hydrogens is 310 g/mol. The molecule has 0 saturated heterocycles. The van der Waals surface area contributed by atoms with E-state index < -0.39 is 11.8 Å². The number of hydrogen-bond donors (Lipinski definition) is 2. The molecular formula is C14H12ClN3O2S. The Labute approximate surface area is 131 Å². The molecule has 0 saturated carbocycles. The first-order valence-corrected chi connectivity index (χ1v) is 7.49. The number of nitriles is 1. The fraction of sp³-hybridized carbons (Fsp3) is 0.214. The summed E-state index contributed by atoms with van der Waals surface area (Å²) < 4.78 is 0. The van der Waals surface area contributed by atoms with Crippen LogP contribution in [0, 0.1) is 11.3 Å². The topological polar surface area (TPSA) is 96.0 Å². The lowest BCUT2D eigenvalue weighted by Gasteiger charge is -2.25. The third-order valence-electron chi connectivity index (χ3n) is 3.00. The minimum absolute atomic E-state index is 0.00393. The van der Waals surface area contributed by atoms with Gasteiger partial charge in [0.25, 0.3) is 0 Å². The third kappa shape index (κ3) is 3.57. The zero-order valence-electron chi connectivity index (χ0n) is 10.9. The molecule has 21 heavy (non-hydrogen) atoms. The van der Waals surface area contributed by atoms with Crippen LogP contribution in [0.3, 0.4) is 0 Å². The Hall–Kier alpha value is -1.97. The van der Waals surface area contributed by atoms with Crippen molar-refractivity contribution < 1.29 is 9.59 Å². The van der Waals surface area contributed by atoms with E-state index in [0.717, 1.165) is 17.3 Å². The Bertz CT molecular complexity index is 666. The van der Waals surface area contributed by atoms with Gasteiger partial charge in [0.15, 0.2) is 0 Å². The van der Waals surface area contributed by atoms with Crippen LogP contribution in [0.5, 0.6) is 0 Å². The fourth-order valence-electron chi connectivity index (χ4n) is 2.10. The van der Waals surface area contributed by atoms with E-state index in [1.807, 2.05) is 0 Å². The standard InChI is InChI=1S/C14H12ClN3O2S/c15-11-4-2-1-3-8(11)9-5-13(20)18-14(10(9)6-16)21-7-12(17)19/h1-4,9H,5,7H2,(H2,17,19)(H,18,20)/t9-/m0/s1. The summed E-state index contributed by atoms with van der Waals surface area (Å²) >= 11 is 7.21. The Morgan fingerprint density at radius 3 is 2.86 bits per heavy atom. The summed E-state index contributed by atoms with van der Waals surface area (Å²) in [5.41, 5.74) is 6.22. The van der Waals surface area contributed by atoms with E-state index in [0.29, 0.717) is 15.6 Å². The molecule has 7 heteroatoms. The number of nitrogens with one attached hydrogen (secondary N) is 1. The highest BCUT2D eigenvalue weighted by Crippen LogP contribution is 2.38. The molecule has 1 aliphatic rings. The van der Waals surface area contributed by atoms with Crippen molar-refractivity contribution in [1.29, 1.82) is 5.26 Å². The molecule has 1 aliphatic heterocycles. The predicted octanol–water partition coefficient (Wildman–Crippen LogP) is 1.90. The highest BCUT2D eigenvalue weighted by molar-refractivity contribution is 8.03. The van der Waals surface area contributed by atoms with E-state index in [1.165, 1.54) is 0 Å². The third-order valence-corrected chi connectivity index (χ3v) is 4.38. The number of thioether (sulfide) groups is 1. The van der Waals surface area contributed by atoms with Gasteiger partial charge in [-0.3, -0.25) is 9.59 Å². The Morgan fingerprint density at radius 1 is 1.52 bits per heavy atom. The van der Waals surface area contributed by atoms with Gasteiger partial charge >= 0.3 is 0 Å². The number of allylic oxidation sites excluding steroid dienone is 1. The second-order valence-corrected chi connectivity index (χ2v) is 5.83. The maximum absolute atomic E-state index is 11.8. The summed E-state index contributed by atoms with van der Waals surface area (Å²) in [6.07, 6.45) is 0.146. The normalized spacial score (nSPS) is 18.1. The molecule has 0 bridgehead atoms. The Balaban J connectivity index is 2.42. The average molecular weight is 322 g/mol. The minimum atomic E-state index is -0.515. The van der Waals surface area contributed by atoms with Gasteiger partial charge in [-0.15, -0.1) is 0 Å². The van der Waals surface area contributed by atoms with Crippen LogP contribution in [-0.4, -0.2) is 17.6 Å². The smallest absolute Gasteiger partial charge is 0.227 e. The molecule has 0 aliphatic carbocycles. The van der Waals surface area contributed by atoms with Crippen LogP contribution in [-0.2, 0) is 9.59 Å². The zero-order chi connectivity index (χ0) is 15.4. The second kappa shape index (κ2) is 6.66. The number of carbonyl (C=O) groups excluding carboxylic acids is 2. The number of hydrogen-bond acceptors (Lipinski definition) is 4. The van der Waals surface area contributed by atoms with Crippen molar-refractivity contribution >= 4 is 35.2 Å². The second-order valence-electron chi connectivity index (χ2n) is 4.44. The molecule has 0 radical (unpaired) electrons. The van der Waals surface area contributed by atoms with Gasteiger partial charge in [0, 0.05) is 17.4 Å². The lowest BCUT2D eigenvalue weighted by Crippen LogP contribution is -2.31. The molecule has 1 heterocycles. The number of amides is 2. The number of benzene rings is 1. The highest BCUT2D eigenvalue weighted by Gasteiger charge is 2.30. The van der Waals surface area contributed by atoms with Crippen molar-refractivity contribution in [3.8, 4) is 6.07 Å². The molecule has 2 rings (SSSR count). The van der Waals surface area contributed by atoms with Gasteiger partial charge in [-0.25, -0.2) is 0 Å². The number of primary amides is 1. The minimum Gasteiger partial charge on any atom is -0.369 e. The van der Waals surface area contributed by atoms with Crippen molar-refractivity contribution in [2.24, 2.45) is 5.73 Å². The van der Waals surface area contributed by atoms with E-state index in [-0.39, 0.29) is 18.1 Å². The Kier molecular flexibility index (Phi) is 4.89. The maximum atomic E-state index is 11.8. The summed E-state index contributed by atoms with van der Waals surface area (Å²) in [5.74, 6) is -1.15. The first-order chi connectivity index (χ1) is 10.0. The zero-order valence-corrected chi connectivity index (χ0v) is 12.5. The van der Waals surface area contributed by atoms with Crippen molar-refractivity contribution in [2.45, 2.75) is 12.3 Å². The van der Waals surface area contributed by atoms with Crippen LogP contribution in [0.4, 0.5) is 0 Å².